The molecule has 5 heteroatoms. The Kier molecular flexibility index (Phi) is 3.94. The molecule has 0 fully saturated rings. The number of aryl methyl sites for hydroxylation is 2. The predicted octanol–water partition coefficient (Wildman–Crippen LogP) is 3.35. The van der Waals surface area contributed by atoms with Gasteiger partial charge in [0.05, 0.1) is 22.9 Å². The van der Waals surface area contributed by atoms with Gasteiger partial charge in [-0.15, -0.1) is 11.3 Å². The van der Waals surface area contributed by atoms with Crippen molar-refractivity contribution < 1.29 is 0 Å². The average Bonchev–Trinajstić information content (AvgIpc) is 2.91. The fraction of sp³-hybridized carbons (Fsp3) is 0.571. The Balaban J connectivity index is 2.04. The quantitative estimate of drug-likeness (QED) is 0.932. The van der Waals surface area contributed by atoms with Crippen LogP contribution < -0.4 is 5.32 Å². The van der Waals surface area contributed by atoms with Gasteiger partial charge in [0.2, 0.25) is 0 Å². The van der Waals surface area contributed by atoms with Crippen LogP contribution in [0.1, 0.15) is 43.3 Å². The first-order valence-corrected chi connectivity index (χ1v) is 7.43. The molecule has 2 aromatic heterocycles. The lowest BCUT2D eigenvalue weighted by molar-refractivity contribution is 0.585. The molecule has 19 heavy (non-hydrogen) atoms. The first-order chi connectivity index (χ1) is 8.90. The van der Waals surface area contributed by atoms with Gasteiger partial charge in [-0.05, 0) is 6.42 Å². The smallest absolute Gasteiger partial charge is 0.0981 e. The highest BCUT2D eigenvalue weighted by molar-refractivity contribution is 7.11. The molecule has 0 radical (unpaired) electrons. The molecule has 0 aliphatic carbocycles. The van der Waals surface area contributed by atoms with E-state index in [1.54, 1.807) is 11.3 Å². The molecule has 0 aliphatic rings. The monoisotopic (exact) mass is 278 g/mol. The average molecular weight is 278 g/mol. The number of anilines is 1. The van der Waals surface area contributed by atoms with Crippen LogP contribution in [0.3, 0.4) is 0 Å². The molecule has 0 spiro atoms. The Bertz CT molecular complexity index is 548. The molecule has 1 N–H and O–H groups in total. The largest absolute Gasteiger partial charge is 0.377 e. The summed E-state index contributed by atoms with van der Waals surface area (Å²) in [4.78, 5) is 5.77. The summed E-state index contributed by atoms with van der Waals surface area (Å²) in [6.07, 6.45) is 4.95. The van der Waals surface area contributed by atoms with Gasteiger partial charge >= 0.3 is 0 Å². The number of thiazole rings is 1. The third kappa shape index (κ3) is 3.35. The molecule has 0 atom stereocenters. The van der Waals surface area contributed by atoms with E-state index in [0.717, 1.165) is 24.3 Å². The zero-order valence-electron chi connectivity index (χ0n) is 12.3. The van der Waals surface area contributed by atoms with E-state index in [2.05, 4.69) is 43.1 Å². The van der Waals surface area contributed by atoms with Gasteiger partial charge in [0.15, 0.2) is 0 Å². The number of nitrogens with zero attached hydrogens (tertiary/aromatic N) is 3. The van der Waals surface area contributed by atoms with Crippen molar-refractivity contribution in [3.8, 4) is 0 Å². The highest BCUT2D eigenvalue weighted by Gasteiger charge is 2.18. The molecule has 0 bridgehead atoms. The molecular weight excluding hydrogens is 256 g/mol. The second-order valence-corrected chi connectivity index (χ2v) is 6.87. The van der Waals surface area contributed by atoms with Gasteiger partial charge < -0.3 is 5.32 Å². The fourth-order valence-electron chi connectivity index (χ4n) is 1.86. The predicted molar refractivity (Wildman–Crippen MR) is 80.7 cm³/mol. The van der Waals surface area contributed by atoms with Crippen molar-refractivity contribution in [1.82, 2.24) is 14.8 Å². The topological polar surface area (TPSA) is 42.7 Å². The lowest BCUT2D eigenvalue weighted by atomic mass is 9.98. The molecule has 4 nitrogen and oxygen atoms in total. The Labute approximate surface area is 118 Å². The number of nitrogens with one attached hydrogen (secondary N) is 1. The summed E-state index contributed by atoms with van der Waals surface area (Å²) in [6, 6.07) is 0. The second kappa shape index (κ2) is 5.33. The van der Waals surface area contributed by atoms with Crippen LogP contribution in [0.15, 0.2) is 12.4 Å². The second-order valence-electron chi connectivity index (χ2n) is 5.75. The van der Waals surface area contributed by atoms with Crippen molar-refractivity contribution in [3.63, 3.8) is 0 Å². The lowest BCUT2D eigenvalue weighted by Crippen LogP contribution is -2.09. The van der Waals surface area contributed by atoms with Crippen molar-refractivity contribution in [1.29, 1.82) is 0 Å². The van der Waals surface area contributed by atoms with Crippen molar-refractivity contribution >= 4 is 17.0 Å². The van der Waals surface area contributed by atoms with Gasteiger partial charge in [0.1, 0.15) is 0 Å². The van der Waals surface area contributed by atoms with Crippen LogP contribution >= 0.6 is 11.3 Å². The van der Waals surface area contributed by atoms with Crippen molar-refractivity contribution in [2.45, 2.75) is 46.1 Å². The molecule has 2 heterocycles. The third-order valence-corrected chi connectivity index (χ3v) is 4.31. The van der Waals surface area contributed by atoms with Gasteiger partial charge in [-0.2, -0.15) is 5.10 Å². The van der Waals surface area contributed by atoms with E-state index in [1.807, 2.05) is 24.1 Å². The molecule has 104 valence electrons. The van der Waals surface area contributed by atoms with Gasteiger partial charge in [-0.3, -0.25) is 4.68 Å². The summed E-state index contributed by atoms with van der Waals surface area (Å²) in [5.74, 6) is 0. The molecule has 0 saturated carbocycles. The van der Waals surface area contributed by atoms with Crippen molar-refractivity contribution in [2.75, 3.05) is 5.32 Å². The molecule has 0 aliphatic heterocycles. The van der Waals surface area contributed by atoms with Crippen LogP contribution in [0.4, 0.5) is 5.69 Å². The van der Waals surface area contributed by atoms with Gasteiger partial charge in [0, 0.05) is 29.7 Å². The zero-order valence-corrected chi connectivity index (χ0v) is 13.1. The van der Waals surface area contributed by atoms with Crippen LogP contribution in [0.25, 0.3) is 0 Å². The van der Waals surface area contributed by atoms with Crippen molar-refractivity contribution in [3.05, 3.63) is 28.0 Å². The first kappa shape index (κ1) is 14.1. The van der Waals surface area contributed by atoms with E-state index in [0.29, 0.717) is 0 Å². The van der Waals surface area contributed by atoms with E-state index >= 15 is 0 Å². The minimum atomic E-state index is 0.131. The lowest BCUT2D eigenvalue weighted by Gasteiger charge is -2.13. The SMILES string of the molecule is CCc1nn(C)cc1NCc1cnc(C(C)(C)C)s1. The third-order valence-electron chi connectivity index (χ3n) is 2.89. The van der Waals surface area contributed by atoms with Crippen LogP contribution in [0.5, 0.6) is 0 Å². The summed E-state index contributed by atoms with van der Waals surface area (Å²) in [7, 11) is 1.95. The van der Waals surface area contributed by atoms with Crippen molar-refractivity contribution in [2.24, 2.45) is 7.05 Å². The minimum absolute atomic E-state index is 0.131. The summed E-state index contributed by atoms with van der Waals surface area (Å²) in [5.41, 5.74) is 2.37. The van der Waals surface area contributed by atoms with E-state index in [9.17, 15) is 0 Å². The molecule has 0 saturated heterocycles. The van der Waals surface area contributed by atoms with E-state index < -0.39 is 0 Å². The van der Waals surface area contributed by atoms with Crippen LogP contribution in [-0.2, 0) is 25.4 Å². The maximum absolute atomic E-state index is 4.51. The van der Waals surface area contributed by atoms with Crippen LogP contribution in [0, 0.1) is 0 Å². The molecule has 0 amide bonds. The summed E-state index contributed by atoms with van der Waals surface area (Å²) in [6.45, 7) is 9.52. The number of hydrogen-bond donors (Lipinski definition) is 1. The Morgan fingerprint density at radius 3 is 2.68 bits per heavy atom. The standard InChI is InChI=1S/C14H22N4S/c1-6-11-12(9-18(5)17-11)15-7-10-8-16-13(19-10)14(2,3)4/h8-9,15H,6-7H2,1-5H3. The maximum Gasteiger partial charge on any atom is 0.0981 e. The van der Waals surface area contributed by atoms with E-state index in [-0.39, 0.29) is 5.41 Å². The summed E-state index contributed by atoms with van der Waals surface area (Å²) in [5, 5.41) is 9.07. The summed E-state index contributed by atoms with van der Waals surface area (Å²) >= 11 is 1.78. The zero-order chi connectivity index (χ0) is 14.0. The summed E-state index contributed by atoms with van der Waals surface area (Å²) < 4.78 is 1.86. The molecule has 2 aromatic rings. The fourth-order valence-corrected chi connectivity index (χ4v) is 2.77. The Morgan fingerprint density at radius 2 is 2.11 bits per heavy atom. The number of hydrogen-bond acceptors (Lipinski definition) is 4. The molecule has 0 aromatic carbocycles. The van der Waals surface area contributed by atoms with Gasteiger partial charge in [-0.25, -0.2) is 4.98 Å². The number of aromatic nitrogens is 3. The van der Waals surface area contributed by atoms with E-state index in [1.165, 1.54) is 9.88 Å². The normalized spacial score (nSPS) is 11.8. The number of rotatable bonds is 4. The van der Waals surface area contributed by atoms with Gasteiger partial charge in [-0.1, -0.05) is 27.7 Å². The van der Waals surface area contributed by atoms with Crippen LogP contribution in [0.2, 0.25) is 0 Å². The minimum Gasteiger partial charge on any atom is -0.377 e. The highest BCUT2D eigenvalue weighted by atomic mass is 32.1. The highest BCUT2D eigenvalue weighted by Crippen LogP contribution is 2.27. The molecule has 0 unspecified atom stereocenters. The Hall–Kier alpha value is -1.36. The van der Waals surface area contributed by atoms with Crippen LogP contribution in [-0.4, -0.2) is 14.8 Å². The van der Waals surface area contributed by atoms with Gasteiger partial charge in [0.25, 0.3) is 0 Å². The molecular formula is C14H22N4S. The first-order valence-electron chi connectivity index (χ1n) is 6.61. The maximum atomic E-state index is 4.51. The van der Waals surface area contributed by atoms with E-state index in [4.69, 9.17) is 0 Å². The molecule has 2 rings (SSSR count). The Morgan fingerprint density at radius 1 is 1.37 bits per heavy atom.